The fourth-order valence-electron chi connectivity index (χ4n) is 2.28. The van der Waals surface area contributed by atoms with E-state index in [1.807, 2.05) is 0 Å². The second-order valence-corrected chi connectivity index (χ2v) is 4.48. The first-order valence-electron chi connectivity index (χ1n) is 6.18. The standard InChI is InChI=1S/C13H14N2O5/c1-20-13(17)11-3-2-8-14(11)12(16)9-4-6-10(7-5-9)15(18)19/h4-7,11H,2-3,8H2,1H3/t11-/m1/s1. The van der Waals surface area contributed by atoms with Gasteiger partial charge in [-0.25, -0.2) is 4.79 Å². The smallest absolute Gasteiger partial charge is 0.328 e. The first-order valence-corrected chi connectivity index (χ1v) is 6.18. The molecule has 1 saturated heterocycles. The van der Waals surface area contributed by atoms with Crippen molar-refractivity contribution in [3.8, 4) is 0 Å². The molecule has 0 bridgehead atoms. The van der Waals surface area contributed by atoms with E-state index in [2.05, 4.69) is 4.74 Å². The van der Waals surface area contributed by atoms with Gasteiger partial charge in [0.05, 0.1) is 12.0 Å². The highest BCUT2D eigenvalue weighted by Gasteiger charge is 2.35. The number of hydrogen-bond donors (Lipinski definition) is 0. The molecular weight excluding hydrogens is 264 g/mol. The molecular formula is C13H14N2O5. The summed E-state index contributed by atoms with van der Waals surface area (Å²) in [5.41, 5.74) is 0.249. The van der Waals surface area contributed by atoms with Crippen molar-refractivity contribution in [3.05, 3.63) is 39.9 Å². The summed E-state index contributed by atoms with van der Waals surface area (Å²) in [6.45, 7) is 0.482. The van der Waals surface area contributed by atoms with Gasteiger partial charge in [0.15, 0.2) is 0 Å². The molecule has 0 spiro atoms. The molecule has 1 aromatic carbocycles. The molecule has 1 fully saturated rings. The lowest BCUT2D eigenvalue weighted by Crippen LogP contribution is -2.41. The van der Waals surface area contributed by atoms with Crippen LogP contribution in [0, 0.1) is 10.1 Å². The Labute approximate surface area is 115 Å². The van der Waals surface area contributed by atoms with Gasteiger partial charge in [-0.2, -0.15) is 0 Å². The van der Waals surface area contributed by atoms with Crippen LogP contribution < -0.4 is 0 Å². The van der Waals surface area contributed by atoms with Gasteiger partial charge in [-0.1, -0.05) is 0 Å². The largest absolute Gasteiger partial charge is 0.467 e. The van der Waals surface area contributed by atoms with Crippen LogP contribution >= 0.6 is 0 Å². The Morgan fingerprint density at radius 3 is 2.55 bits per heavy atom. The maximum Gasteiger partial charge on any atom is 0.328 e. The maximum atomic E-state index is 12.3. The van der Waals surface area contributed by atoms with Crippen LogP contribution in [0.1, 0.15) is 23.2 Å². The van der Waals surface area contributed by atoms with Crippen LogP contribution in [0.15, 0.2) is 24.3 Å². The highest BCUT2D eigenvalue weighted by molar-refractivity contribution is 5.97. The van der Waals surface area contributed by atoms with Gasteiger partial charge in [-0.3, -0.25) is 14.9 Å². The first-order chi connectivity index (χ1) is 9.54. The average Bonchev–Trinajstić information content (AvgIpc) is 2.95. The highest BCUT2D eigenvalue weighted by atomic mass is 16.6. The SMILES string of the molecule is COC(=O)[C@H]1CCCN1C(=O)c1ccc([N+](=O)[O-])cc1. The van der Waals surface area contributed by atoms with Gasteiger partial charge in [0.1, 0.15) is 6.04 Å². The Kier molecular flexibility index (Phi) is 3.97. The predicted octanol–water partition coefficient (Wildman–Crippen LogP) is 1.37. The molecule has 0 radical (unpaired) electrons. The third kappa shape index (κ3) is 2.61. The minimum atomic E-state index is -0.567. The molecule has 0 aliphatic carbocycles. The van der Waals surface area contributed by atoms with E-state index in [0.29, 0.717) is 18.5 Å². The number of rotatable bonds is 3. The number of benzene rings is 1. The zero-order chi connectivity index (χ0) is 14.7. The van der Waals surface area contributed by atoms with Gasteiger partial charge in [0.2, 0.25) is 0 Å². The van der Waals surface area contributed by atoms with Crippen molar-refractivity contribution in [2.24, 2.45) is 0 Å². The summed E-state index contributed by atoms with van der Waals surface area (Å²) in [7, 11) is 1.29. The van der Waals surface area contributed by atoms with E-state index >= 15 is 0 Å². The number of amides is 1. The Bertz CT molecular complexity index is 540. The van der Waals surface area contributed by atoms with E-state index in [0.717, 1.165) is 6.42 Å². The predicted molar refractivity (Wildman–Crippen MR) is 69.2 cm³/mol. The number of carbonyl (C=O) groups excluding carboxylic acids is 2. The number of non-ortho nitro benzene ring substituents is 1. The first kappa shape index (κ1) is 14.0. The van der Waals surface area contributed by atoms with E-state index in [1.165, 1.54) is 36.3 Å². The van der Waals surface area contributed by atoms with Crippen LogP contribution in [-0.2, 0) is 9.53 Å². The lowest BCUT2D eigenvalue weighted by Gasteiger charge is -2.22. The molecule has 1 aliphatic rings. The molecule has 20 heavy (non-hydrogen) atoms. The minimum absolute atomic E-state index is 0.0764. The Morgan fingerprint density at radius 2 is 2.00 bits per heavy atom. The Morgan fingerprint density at radius 1 is 1.35 bits per heavy atom. The van der Waals surface area contributed by atoms with Crippen LogP contribution in [0.3, 0.4) is 0 Å². The highest BCUT2D eigenvalue weighted by Crippen LogP contribution is 2.22. The maximum absolute atomic E-state index is 12.3. The van der Waals surface area contributed by atoms with Crippen LogP contribution in [-0.4, -0.2) is 41.4 Å². The monoisotopic (exact) mass is 278 g/mol. The summed E-state index contributed by atoms with van der Waals surface area (Å²) >= 11 is 0. The number of ether oxygens (including phenoxy) is 1. The number of hydrogen-bond acceptors (Lipinski definition) is 5. The lowest BCUT2D eigenvalue weighted by atomic mass is 10.1. The van der Waals surface area contributed by atoms with Crippen molar-refractivity contribution in [3.63, 3.8) is 0 Å². The zero-order valence-electron chi connectivity index (χ0n) is 10.9. The Hall–Kier alpha value is -2.44. The summed E-state index contributed by atoms with van der Waals surface area (Å²) in [5, 5.41) is 10.6. The molecule has 1 atom stereocenters. The van der Waals surface area contributed by atoms with E-state index in [1.54, 1.807) is 0 Å². The van der Waals surface area contributed by atoms with Crippen molar-refractivity contribution in [1.82, 2.24) is 4.90 Å². The normalized spacial score (nSPS) is 17.9. The summed E-state index contributed by atoms with van der Waals surface area (Å²) in [4.78, 5) is 35.4. The molecule has 1 amide bonds. The second kappa shape index (κ2) is 5.68. The van der Waals surface area contributed by atoms with E-state index in [-0.39, 0.29) is 11.6 Å². The van der Waals surface area contributed by atoms with Gasteiger partial charge >= 0.3 is 5.97 Å². The van der Waals surface area contributed by atoms with Gasteiger partial charge in [-0.05, 0) is 25.0 Å². The van der Waals surface area contributed by atoms with Crippen LogP contribution in [0.4, 0.5) is 5.69 Å². The van der Waals surface area contributed by atoms with Crippen molar-refractivity contribution in [1.29, 1.82) is 0 Å². The fraction of sp³-hybridized carbons (Fsp3) is 0.385. The molecule has 0 unspecified atom stereocenters. The van der Waals surface area contributed by atoms with Gasteiger partial charge in [0.25, 0.3) is 11.6 Å². The minimum Gasteiger partial charge on any atom is -0.467 e. The summed E-state index contributed by atoms with van der Waals surface area (Å²) in [6, 6.07) is 4.77. The van der Waals surface area contributed by atoms with E-state index in [9.17, 15) is 19.7 Å². The molecule has 106 valence electrons. The number of esters is 1. The van der Waals surface area contributed by atoms with Gasteiger partial charge < -0.3 is 9.64 Å². The van der Waals surface area contributed by atoms with Crippen molar-refractivity contribution in [2.45, 2.75) is 18.9 Å². The van der Waals surface area contributed by atoms with Crippen LogP contribution in [0.5, 0.6) is 0 Å². The second-order valence-electron chi connectivity index (χ2n) is 4.48. The topological polar surface area (TPSA) is 89.8 Å². The van der Waals surface area contributed by atoms with Gasteiger partial charge in [0, 0.05) is 24.2 Å². The quantitative estimate of drug-likeness (QED) is 0.473. The number of nitro benzene ring substituents is 1. The van der Waals surface area contributed by atoms with E-state index < -0.39 is 16.9 Å². The zero-order valence-corrected chi connectivity index (χ0v) is 10.9. The number of methoxy groups -OCH3 is 1. The summed E-state index contributed by atoms with van der Waals surface area (Å²) in [5.74, 6) is -0.745. The average molecular weight is 278 g/mol. The number of carbonyl (C=O) groups is 2. The van der Waals surface area contributed by atoms with Crippen molar-refractivity contribution < 1.29 is 19.2 Å². The lowest BCUT2D eigenvalue weighted by molar-refractivity contribution is -0.384. The number of likely N-dealkylation sites (tertiary alicyclic amines) is 1. The Balaban J connectivity index is 2.18. The van der Waals surface area contributed by atoms with Crippen LogP contribution in [0.25, 0.3) is 0 Å². The number of nitro groups is 1. The molecule has 0 saturated carbocycles. The third-order valence-electron chi connectivity index (χ3n) is 3.31. The summed E-state index contributed by atoms with van der Waals surface area (Å²) in [6.07, 6.45) is 1.31. The van der Waals surface area contributed by atoms with Crippen molar-refractivity contribution >= 4 is 17.6 Å². The van der Waals surface area contributed by atoms with Gasteiger partial charge in [-0.15, -0.1) is 0 Å². The molecule has 1 aromatic rings. The molecule has 0 N–H and O–H groups in total. The third-order valence-corrected chi connectivity index (χ3v) is 3.31. The molecule has 1 heterocycles. The fourth-order valence-corrected chi connectivity index (χ4v) is 2.28. The summed E-state index contributed by atoms with van der Waals surface area (Å²) < 4.78 is 4.68. The van der Waals surface area contributed by atoms with Crippen molar-refractivity contribution in [2.75, 3.05) is 13.7 Å². The molecule has 7 nitrogen and oxygen atoms in total. The molecule has 1 aliphatic heterocycles. The van der Waals surface area contributed by atoms with Crippen LogP contribution in [0.2, 0.25) is 0 Å². The molecule has 2 rings (SSSR count). The molecule has 0 aromatic heterocycles. The number of nitrogens with zero attached hydrogens (tertiary/aromatic N) is 2. The van der Waals surface area contributed by atoms with E-state index in [4.69, 9.17) is 0 Å². The molecule has 7 heteroatoms.